The summed E-state index contributed by atoms with van der Waals surface area (Å²) in [5.41, 5.74) is 4.93. The monoisotopic (exact) mass is 263 g/mol. The molecule has 0 saturated carbocycles. The summed E-state index contributed by atoms with van der Waals surface area (Å²) in [6, 6.07) is 11.1. The van der Waals surface area contributed by atoms with Crippen molar-refractivity contribution < 1.29 is 0 Å². The van der Waals surface area contributed by atoms with Crippen LogP contribution in [-0.2, 0) is 6.42 Å². The lowest BCUT2D eigenvalue weighted by atomic mass is 10.1. The first-order valence-corrected chi connectivity index (χ1v) is 7.39. The molecule has 0 spiro atoms. The maximum atomic E-state index is 3.54. The lowest BCUT2D eigenvalue weighted by Crippen LogP contribution is -2.45. The molecule has 1 N–H and O–H groups in total. The molecule has 0 aliphatic heterocycles. The Bertz CT molecular complexity index is 322. The van der Waals surface area contributed by atoms with Crippen LogP contribution in [0.2, 0.25) is 0 Å². The van der Waals surface area contributed by atoms with Gasteiger partial charge in [-0.2, -0.15) is 0 Å². The fourth-order valence-electron chi connectivity index (χ4n) is 2.29. The number of hydrogen-bond acceptors (Lipinski definition) is 3. The van der Waals surface area contributed by atoms with Crippen LogP contribution in [0.5, 0.6) is 0 Å². The second kappa shape index (κ2) is 9.08. The highest BCUT2D eigenvalue weighted by Crippen LogP contribution is 2.02. The molecule has 0 bridgehead atoms. The van der Waals surface area contributed by atoms with Crippen molar-refractivity contribution in [3.63, 3.8) is 0 Å². The lowest BCUT2D eigenvalue weighted by Gasteiger charge is -2.26. The van der Waals surface area contributed by atoms with Gasteiger partial charge in [-0.1, -0.05) is 44.2 Å². The van der Waals surface area contributed by atoms with Crippen molar-refractivity contribution in [2.45, 2.75) is 33.2 Å². The normalized spacial score (nSPS) is 13.2. The SMILES string of the molecule is CCN(CC)CCN(C)N[C@@H](C)Cc1ccccc1. The van der Waals surface area contributed by atoms with Crippen molar-refractivity contribution in [2.75, 3.05) is 33.2 Å². The maximum absolute atomic E-state index is 3.54. The van der Waals surface area contributed by atoms with Crippen molar-refractivity contribution in [3.05, 3.63) is 35.9 Å². The van der Waals surface area contributed by atoms with Gasteiger partial charge in [-0.15, -0.1) is 0 Å². The van der Waals surface area contributed by atoms with Crippen LogP contribution < -0.4 is 5.43 Å². The predicted octanol–water partition coefficient (Wildman–Crippen LogP) is 2.40. The number of benzene rings is 1. The summed E-state index contributed by atoms with van der Waals surface area (Å²) in [6.07, 6.45) is 1.07. The number of likely N-dealkylation sites (N-methyl/N-ethyl adjacent to an activating group) is 2. The summed E-state index contributed by atoms with van der Waals surface area (Å²) in [5.74, 6) is 0. The van der Waals surface area contributed by atoms with Gasteiger partial charge in [-0.3, -0.25) is 5.43 Å². The van der Waals surface area contributed by atoms with E-state index >= 15 is 0 Å². The van der Waals surface area contributed by atoms with Gasteiger partial charge in [-0.05, 0) is 32.0 Å². The molecule has 1 aromatic rings. The molecule has 0 saturated heterocycles. The van der Waals surface area contributed by atoms with Gasteiger partial charge in [-0.25, -0.2) is 5.01 Å². The molecule has 19 heavy (non-hydrogen) atoms. The molecule has 1 aromatic carbocycles. The summed E-state index contributed by atoms with van der Waals surface area (Å²) in [6.45, 7) is 11.1. The number of hydrogen-bond donors (Lipinski definition) is 1. The number of rotatable bonds is 9. The third-order valence-electron chi connectivity index (χ3n) is 3.47. The van der Waals surface area contributed by atoms with E-state index in [0.717, 1.165) is 32.6 Å². The van der Waals surface area contributed by atoms with Crippen LogP contribution in [0.3, 0.4) is 0 Å². The van der Waals surface area contributed by atoms with Crippen LogP contribution in [0.15, 0.2) is 30.3 Å². The van der Waals surface area contributed by atoms with Gasteiger partial charge in [0.05, 0.1) is 0 Å². The third kappa shape index (κ3) is 6.71. The Hall–Kier alpha value is -0.900. The molecule has 0 aliphatic carbocycles. The van der Waals surface area contributed by atoms with E-state index in [0.29, 0.717) is 6.04 Å². The van der Waals surface area contributed by atoms with Gasteiger partial charge in [0.1, 0.15) is 0 Å². The molecule has 1 rings (SSSR count). The highest BCUT2D eigenvalue weighted by molar-refractivity contribution is 5.15. The Morgan fingerprint density at radius 3 is 2.26 bits per heavy atom. The number of nitrogens with one attached hydrogen (secondary N) is 1. The average molecular weight is 263 g/mol. The van der Waals surface area contributed by atoms with Crippen LogP contribution in [0.4, 0.5) is 0 Å². The summed E-state index contributed by atoms with van der Waals surface area (Å²) in [5, 5.41) is 2.21. The molecule has 0 heterocycles. The number of hydrazine groups is 1. The van der Waals surface area contributed by atoms with E-state index in [1.165, 1.54) is 5.56 Å². The van der Waals surface area contributed by atoms with Gasteiger partial charge < -0.3 is 4.90 Å². The molecule has 108 valence electrons. The van der Waals surface area contributed by atoms with Crippen LogP contribution in [0.1, 0.15) is 26.3 Å². The van der Waals surface area contributed by atoms with Crippen LogP contribution in [-0.4, -0.2) is 49.2 Å². The molecule has 3 heteroatoms. The molecule has 1 atom stereocenters. The minimum Gasteiger partial charge on any atom is -0.303 e. The van der Waals surface area contributed by atoms with E-state index < -0.39 is 0 Å². The Morgan fingerprint density at radius 1 is 1.05 bits per heavy atom. The van der Waals surface area contributed by atoms with Crippen LogP contribution in [0, 0.1) is 0 Å². The first-order chi connectivity index (χ1) is 9.15. The Kier molecular flexibility index (Phi) is 7.72. The average Bonchev–Trinajstić information content (AvgIpc) is 2.40. The summed E-state index contributed by atoms with van der Waals surface area (Å²) >= 11 is 0. The highest BCUT2D eigenvalue weighted by atomic mass is 15.5. The molecule has 3 nitrogen and oxygen atoms in total. The predicted molar refractivity (Wildman–Crippen MR) is 83.2 cm³/mol. The zero-order valence-corrected chi connectivity index (χ0v) is 12.9. The molecule has 0 amide bonds. The Balaban J connectivity index is 2.26. The third-order valence-corrected chi connectivity index (χ3v) is 3.47. The van der Waals surface area contributed by atoms with Gasteiger partial charge in [0, 0.05) is 26.2 Å². The fraction of sp³-hybridized carbons (Fsp3) is 0.625. The van der Waals surface area contributed by atoms with Crippen molar-refractivity contribution in [1.29, 1.82) is 0 Å². The second-order valence-electron chi connectivity index (χ2n) is 5.17. The minimum absolute atomic E-state index is 0.462. The molecule has 0 aliphatic rings. The molecule has 0 unspecified atom stereocenters. The lowest BCUT2D eigenvalue weighted by molar-refractivity contribution is 0.170. The second-order valence-corrected chi connectivity index (χ2v) is 5.17. The van der Waals surface area contributed by atoms with E-state index in [1.54, 1.807) is 0 Å². The van der Waals surface area contributed by atoms with E-state index in [-0.39, 0.29) is 0 Å². The van der Waals surface area contributed by atoms with Gasteiger partial charge in [0.25, 0.3) is 0 Å². The van der Waals surface area contributed by atoms with Crippen molar-refractivity contribution in [3.8, 4) is 0 Å². The molecular formula is C16H29N3. The fourth-order valence-corrected chi connectivity index (χ4v) is 2.29. The largest absolute Gasteiger partial charge is 0.303 e. The summed E-state index contributed by atoms with van der Waals surface area (Å²) in [4.78, 5) is 2.44. The van der Waals surface area contributed by atoms with Crippen molar-refractivity contribution >= 4 is 0 Å². The summed E-state index contributed by atoms with van der Waals surface area (Å²) < 4.78 is 0. The number of nitrogens with zero attached hydrogens (tertiary/aromatic N) is 2. The topological polar surface area (TPSA) is 18.5 Å². The van der Waals surface area contributed by atoms with Gasteiger partial charge >= 0.3 is 0 Å². The van der Waals surface area contributed by atoms with E-state index in [2.05, 4.69) is 73.5 Å². The molecule has 0 radical (unpaired) electrons. The van der Waals surface area contributed by atoms with Crippen LogP contribution in [0.25, 0.3) is 0 Å². The zero-order valence-electron chi connectivity index (χ0n) is 12.9. The van der Waals surface area contributed by atoms with Crippen molar-refractivity contribution in [1.82, 2.24) is 15.3 Å². The highest BCUT2D eigenvalue weighted by Gasteiger charge is 2.07. The van der Waals surface area contributed by atoms with Crippen LogP contribution >= 0.6 is 0 Å². The van der Waals surface area contributed by atoms with E-state index in [4.69, 9.17) is 0 Å². The van der Waals surface area contributed by atoms with Gasteiger partial charge in [0.2, 0.25) is 0 Å². The molecular weight excluding hydrogens is 234 g/mol. The van der Waals surface area contributed by atoms with Gasteiger partial charge in [0.15, 0.2) is 0 Å². The smallest absolute Gasteiger partial charge is 0.0255 e. The molecule has 0 aromatic heterocycles. The first kappa shape index (κ1) is 16.2. The van der Waals surface area contributed by atoms with E-state index in [9.17, 15) is 0 Å². The first-order valence-electron chi connectivity index (χ1n) is 7.39. The maximum Gasteiger partial charge on any atom is 0.0255 e. The standard InChI is InChI=1S/C16H29N3/c1-5-19(6-2)13-12-18(4)17-15(3)14-16-10-8-7-9-11-16/h7-11,15,17H,5-6,12-14H2,1-4H3/t15-/m0/s1. The minimum atomic E-state index is 0.462. The van der Waals surface area contributed by atoms with E-state index in [1.807, 2.05) is 0 Å². The Morgan fingerprint density at radius 2 is 1.68 bits per heavy atom. The molecule has 0 fully saturated rings. The Labute approximate surface area is 118 Å². The quantitative estimate of drug-likeness (QED) is 0.690. The zero-order chi connectivity index (χ0) is 14.1. The summed E-state index contributed by atoms with van der Waals surface area (Å²) in [7, 11) is 2.13. The van der Waals surface area contributed by atoms with Crippen molar-refractivity contribution in [2.24, 2.45) is 0 Å².